The minimum Gasteiger partial charge on any atom is -0.489 e. The van der Waals surface area contributed by atoms with Gasteiger partial charge in [0.1, 0.15) is 5.75 Å². The first-order valence-corrected chi connectivity index (χ1v) is 13.6. The molecule has 0 fully saturated rings. The molecule has 2 N–H and O–H groups in total. The van der Waals surface area contributed by atoms with Crippen LogP contribution in [-0.4, -0.2) is 28.0 Å². The lowest BCUT2D eigenvalue weighted by Gasteiger charge is -2.18. The number of ether oxygens (including phenoxy) is 1. The van der Waals surface area contributed by atoms with Crippen LogP contribution < -0.4 is 15.4 Å². The minimum atomic E-state index is -0.295. The predicted octanol–water partition coefficient (Wildman–Crippen LogP) is 7.86. The molecule has 0 aliphatic rings. The molecule has 2 aromatic carbocycles. The molecule has 0 spiro atoms. The Kier molecular flexibility index (Phi) is 8.99. The number of anilines is 3. The maximum atomic E-state index is 12.8. The fraction of sp³-hybridized carbons (Fsp3) is 0.214. The number of nitrogens with one attached hydrogen (secondary N) is 2. The summed E-state index contributed by atoms with van der Waals surface area (Å²) in [4.78, 5) is 25.2. The number of carbonyl (C=O) groups excluding carboxylic acids is 2. The molecule has 38 heavy (non-hydrogen) atoms. The van der Waals surface area contributed by atoms with Crippen molar-refractivity contribution in [3.63, 3.8) is 0 Å². The lowest BCUT2D eigenvalue weighted by Crippen LogP contribution is -2.13. The second kappa shape index (κ2) is 12.4. The van der Waals surface area contributed by atoms with E-state index in [1.165, 1.54) is 18.6 Å². The predicted molar refractivity (Wildman–Crippen MR) is 155 cm³/mol. The number of fused-ring (bicyclic) bond motifs is 1. The lowest BCUT2D eigenvalue weighted by atomic mass is 10.1. The molecule has 1 amide bonds. The molecular weight excluding hydrogens is 543 g/mol. The van der Waals surface area contributed by atoms with Gasteiger partial charge in [-0.3, -0.25) is 9.59 Å². The van der Waals surface area contributed by atoms with Crippen LogP contribution >= 0.6 is 34.5 Å². The number of aryl methyl sites for hydroxylation is 1. The Hall–Kier alpha value is -3.46. The number of hydrogen-bond donors (Lipinski definition) is 2. The van der Waals surface area contributed by atoms with Gasteiger partial charge in [0.2, 0.25) is 5.91 Å². The van der Waals surface area contributed by atoms with Gasteiger partial charge in [0.15, 0.2) is 11.5 Å². The van der Waals surface area contributed by atoms with Crippen molar-refractivity contribution in [2.75, 3.05) is 10.6 Å². The number of allylic oxidation sites excluding steroid dienone is 1. The molecule has 0 saturated carbocycles. The largest absolute Gasteiger partial charge is 0.489 e. The van der Waals surface area contributed by atoms with Crippen molar-refractivity contribution in [3.05, 3.63) is 80.6 Å². The van der Waals surface area contributed by atoms with E-state index in [-0.39, 0.29) is 23.5 Å². The number of ketones is 1. The van der Waals surface area contributed by atoms with Gasteiger partial charge in [0, 0.05) is 24.1 Å². The molecule has 2 aromatic heterocycles. The van der Waals surface area contributed by atoms with Crippen molar-refractivity contribution in [1.82, 2.24) is 10.2 Å². The van der Waals surface area contributed by atoms with Gasteiger partial charge < -0.3 is 15.4 Å². The summed E-state index contributed by atoms with van der Waals surface area (Å²) in [5.41, 5.74) is 3.35. The third kappa shape index (κ3) is 6.89. The summed E-state index contributed by atoms with van der Waals surface area (Å²) >= 11 is 13.9. The molecule has 2 heterocycles. The van der Waals surface area contributed by atoms with Crippen LogP contribution in [0.2, 0.25) is 10.0 Å². The maximum absolute atomic E-state index is 12.8. The van der Waals surface area contributed by atoms with E-state index in [0.717, 1.165) is 12.8 Å². The first-order valence-electron chi connectivity index (χ1n) is 11.9. The van der Waals surface area contributed by atoms with Crippen LogP contribution in [0.4, 0.5) is 17.1 Å². The van der Waals surface area contributed by atoms with Gasteiger partial charge in [-0.1, -0.05) is 29.3 Å². The molecule has 0 radical (unpaired) electrons. The van der Waals surface area contributed by atoms with E-state index in [1.54, 1.807) is 41.7 Å². The van der Waals surface area contributed by atoms with E-state index in [0.29, 0.717) is 43.8 Å². The molecule has 196 valence electrons. The SMILES string of the molecule is CC(=O)c1nnc2cc(OC(C)C)c(NC(=O)/C=C/CCc3ccsc3)cc2c1Nc1ccc(Cl)c(Cl)c1. The first kappa shape index (κ1) is 27.6. The molecule has 0 atom stereocenters. The van der Waals surface area contributed by atoms with Gasteiger partial charge in [-0.2, -0.15) is 11.3 Å². The second-order valence-corrected chi connectivity index (χ2v) is 10.4. The highest BCUT2D eigenvalue weighted by molar-refractivity contribution is 7.07. The van der Waals surface area contributed by atoms with Crippen LogP contribution in [0.15, 0.2) is 59.3 Å². The highest BCUT2D eigenvalue weighted by Gasteiger charge is 2.19. The number of amides is 1. The van der Waals surface area contributed by atoms with Gasteiger partial charge in [0.25, 0.3) is 0 Å². The molecule has 0 saturated heterocycles. The first-order chi connectivity index (χ1) is 18.2. The van der Waals surface area contributed by atoms with E-state index in [4.69, 9.17) is 27.9 Å². The topological polar surface area (TPSA) is 93.2 Å². The summed E-state index contributed by atoms with van der Waals surface area (Å²) in [5, 5.41) is 20.0. The summed E-state index contributed by atoms with van der Waals surface area (Å²) in [6.45, 7) is 5.19. The van der Waals surface area contributed by atoms with Crippen molar-refractivity contribution in [2.24, 2.45) is 0 Å². The van der Waals surface area contributed by atoms with Crippen molar-refractivity contribution >= 4 is 74.2 Å². The number of hydrogen-bond acceptors (Lipinski definition) is 7. The Morgan fingerprint density at radius 1 is 1.11 bits per heavy atom. The molecular formula is C28H26Cl2N4O3S. The highest BCUT2D eigenvalue weighted by atomic mass is 35.5. The molecule has 7 nitrogen and oxygen atoms in total. The number of halogens is 2. The summed E-state index contributed by atoms with van der Waals surface area (Å²) in [6.07, 6.45) is 4.81. The number of benzene rings is 2. The highest BCUT2D eigenvalue weighted by Crippen LogP contribution is 2.37. The van der Waals surface area contributed by atoms with Crippen LogP contribution in [0, 0.1) is 0 Å². The average molecular weight is 570 g/mol. The van der Waals surface area contributed by atoms with Crippen molar-refractivity contribution in [2.45, 2.75) is 39.7 Å². The van der Waals surface area contributed by atoms with Crippen molar-refractivity contribution in [1.29, 1.82) is 0 Å². The molecule has 0 aliphatic heterocycles. The van der Waals surface area contributed by atoms with Gasteiger partial charge in [-0.05, 0) is 79.4 Å². The molecule has 4 rings (SSSR count). The van der Waals surface area contributed by atoms with E-state index in [1.807, 2.05) is 25.3 Å². The van der Waals surface area contributed by atoms with Crippen LogP contribution in [-0.2, 0) is 11.2 Å². The maximum Gasteiger partial charge on any atom is 0.248 e. The zero-order chi connectivity index (χ0) is 27.2. The molecule has 4 aromatic rings. The average Bonchev–Trinajstić information content (AvgIpc) is 3.38. The normalized spacial score (nSPS) is 11.3. The number of thiophene rings is 1. The Bertz CT molecular complexity index is 1500. The minimum absolute atomic E-state index is 0.145. The summed E-state index contributed by atoms with van der Waals surface area (Å²) < 4.78 is 5.97. The fourth-order valence-electron chi connectivity index (χ4n) is 3.72. The Balaban J connectivity index is 1.70. The Labute approximate surface area is 234 Å². The quantitative estimate of drug-likeness (QED) is 0.149. The van der Waals surface area contributed by atoms with Crippen LogP contribution in [0.3, 0.4) is 0 Å². The van der Waals surface area contributed by atoms with Crippen LogP contribution in [0.25, 0.3) is 10.9 Å². The summed E-state index contributed by atoms with van der Waals surface area (Å²) in [5.74, 6) is -0.127. The zero-order valence-corrected chi connectivity index (χ0v) is 23.4. The number of aromatic nitrogens is 2. The van der Waals surface area contributed by atoms with E-state index < -0.39 is 0 Å². The van der Waals surface area contributed by atoms with Crippen LogP contribution in [0.1, 0.15) is 43.2 Å². The number of rotatable bonds is 10. The van der Waals surface area contributed by atoms with Gasteiger partial charge >= 0.3 is 0 Å². The van der Waals surface area contributed by atoms with Gasteiger partial charge in [0.05, 0.1) is 33.0 Å². The van der Waals surface area contributed by atoms with E-state index >= 15 is 0 Å². The van der Waals surface area contributed by atoms with E-state index in [2.05, 4.69) is 32.3 Å². The number of carbonyl (C=O) groups is 2. The van der Waals surface area contributed by atoms with Crippen molar-refractivity contribution in [3.8, 4) is 5.75 Å². The second-order valence-electron chi connectivity index (χ2n) is 8.83. The van der Waals surface area contributed by atoms with Gasteiger partial charge in [-0.15, -0.1) is 10.2 Å². The number of Topliss-reactive ketones (excluding diaryl/α,β-unsaturated/α-hetero) is 1. The fourth-order valence-corrected chi connectivity index (χ4v) is 4.72. The van der Waals surface area contributed by atoms with Crippen molar-refractivity contribution < 1.29 is 14.3 Å². The summed E-state index contributed by atoms with van der Waals surface area (Å²) in [7, 11) is 0. The van der Waals surface area contributed by atoms with Gasteiger partial charge in [-0.25, -0.2) is 0 Å². The monoisotopic (exact) mass is 568 g/mol. The number of nitrogens with zero attached hydrogens (tertiary/aromatic N) is 2. The molecule has 0 unspecified atom stereocenters. The third-order valence-electron chi connectivity index (χ3n) is 5.45. The zero-order valence-electron chi connectivity index (χ0n) is 21.0. The molecule has 0 bridgehead atoms. The Morgan fingerprint density at radius 2 is 1.92 bits per heavy atom. The lowest BCUT2D eigenvalue weighted by molar-refractivity contribution is -0.111. The smallest absolute Gasteiger partial charge is 0.248 e. The third-order valence-corrected chi connectivity index (χ3v) is 6.92. The molecule has 0 aliphatic carbocycles. The van der Waals surface area contributed by atoms with Crippen LogP contribution in [0.5, 0.6) is 5.75 Å². The standard InChI is InChI=1S/C28H26Cl2N4O3S/c1-16(2)37-25-14-23-20(13-24(25)32-26(36)7-5-4-6-18-10-11-38-15-18)28(27(17(3)35)34-33-23)31-19-8-9-21(29)22(30)12-19/h5,7-16H,4,6H2,1-3H3,(H,31,33)(H,32,36)/b7-5+. The van der Waals surface area contributed by atoms with E-state index in [9.17, 15) is 9.59 Å². The Morgan fingerprint density at radius 3 is 2.61 bits per heavy atom. The molecule has 10 heteroatoms. The summed E-state index contributed by atoms with van der Waals surface area (Å²) in [6, 6.07) is 10.5.